The Hall–Kier alpha value is -3.22. The van der Waals surface area contributed by atoms with Gasteiger partial charge in [-0.05, 0) is 42.7 Å². The number of amides is 2. The summed E-state index contributed by atoms with van der Waals surface area (Å²) >= 11 is 0. The number of benzene rings is 1. The van der Waals surface area contributed by atoms with Gasteiger partial charge in [-0.2, -0.15) is 0 Å². The monoisotopic (exact) mass is 381 g/mol. The maximum atomic E-state index is 12.7. The first kappa shape index (κ1) is 19.5. The van der Waals surface area contributed by atoms with E-state index >= 15 is 0 Å². The number of carboxylic acid groups (broad SMARTS) is 1. The van der Waals surface area contributed by atoms with Crippen molar-refractivity contribution in [2.75, 3.05) is 13.1 Å². The zero-order chi connectivity index (χ0) is 19.9. The minimum Gasteiger partial charge on any atom is -0.480 e. The first-order chi connectivity index (χ1) is 13.5. The predicted octanol–water partition coefficient (Wildman–Crippen LogP) is 1.75. The fourth-order valence-electron chi connectivity index (χ4n) is 3.38. The highest BCUT2D eigenvalue weighted by Crippen LogP contribution is 2.19. The molecule has 7 heteroatoms. The molecule has 2 unspecified atom stereocenters. The third-order valence-corrected chi connectivity index (χ3v) is 4.90. The zero-order valence-electron chi connectivity index (χ0n) is 15.5. The number of piperidine rings is 1. The minimum absolute atomic E-state index is 0.107. The molecule has 3 rings (SSSR count). The summed E-state index contributed by atoms with van der Waals surface area (Å²) in [5.41, 5.74) is 1.37. The third-order valence-electron chi connectivity index (χ3n) is 4.90. The van der Waals surface area contributed by atoms with Crippen LogP contribution in [0.25, 0.3) is 0 Å². The van der Waals surface area contributed by atoms with E-state index in [1.807, 2.05) is 6.07 Å². The van der Waals surface area contributed by atoms with E-state index < -0.39 is 17.9 Å². The second-order valence-electron chi connectivity index (χ2n) is 6.92. The number of nitrogens with one attached hydrogen (secondary N) is 1. The van der Waals surface area contributed by atoms with E-state index in [0.717, 1.165) is 5.56 Å². The van der Waals surface area contributed by atoms with Crippen LogP contribution < -0.4 is 5.32 Å². The highest BCUT2D eigenvalue weighted by atomic mass is 16.4. The molecule has 7 nitrogen and oxygen atoms in total. The van der Waals surface area contributed by atoms with Gasteiger partial charge in [0.1, 0.15) is 6.04 Å². The summed E-state index contributed by atoms with van der Waals surface area (Å²) in [6.45, 7) is 0.887. The SMILES string of the molecule is O=C(NC(Cc1ccncc1)C(=O)O)C1CCCN(C(=O)c2ccccc2)C1. The number of carbonyl (C=O) groups excluding carboxylic acids is 2. The molecule has 1 aliphatic rings. The topological polar surface area (TPSA) is 99.6 Å². The van der Waals surface area contributed by atoms with Gasteiger partial charge in [-0.15, -0.1) is 0 Å². The van der Waals surface area contributed by atoms with E-state index in [1.54, 1.807) is 53.7 Å². The number of aromatic nitrogens is 1. The Morgan fingerprint density at radius 3 is 2.54 bits per heavy atom. The summed E-state index contributed by atoms with van der Waals surface area (Å²) in [5.74, 6) is -1.93. The van der Waals surface area contributed by atoms with Gasteiger partial charge in [0.25, 0.3) is 5.91 Å². The third kappa shape index (κ3) is 4.94. The zero-order valence-corrected chi connectivity index (χ0v) is 15.5. The van der Waals surface area contributed by atoms with Crippen molar-refractivity contribution in [2.45, 2.75) is 25.3 Å². The van der Waals surface area contributed by atoms with Crippen molar-refractivity contribution in [3.05, 3.63) is 66.0 Å². The molecule has 1 fully saturated rings. The Morgan fingerprint density at radius 2 is 1.86 bits per heavy atom. The molecule has 1 aliphatic heterocycles. The van der Waals surface area contributed by atoms with Crippen molar-refractivity contribution in [1.29, 1.82) is 0 Å². The van der Waals surface area contributed by atoms with Crippen LogP contribution in [0.5, 0.6) is 0 Å². The van der Waals surface area contributed by atoms with E-state index in [-0.39, 0.29) is 18.2 Å². The number of carbonyl (C=O) groups is 3. The molecule has 0 radical (unpaired) electrons. The Kier molecular flexibility index (Phi) is 6.37. The maximum absolute atomic E-state index is 12.7. The Balaban J connectivity index is 1.62. The molecule has 0 aliphatic carbocycles. The number of likely N-dealkylation sites (tertiary alicyclic amines) is 1. The molecule has 1 aromatic carbocycles. The van der Waals surface area contributed by atoms with Crippen molar-refractivity contribution in [1.82, 2.24) is 15.2 Å². The molecule has 2 atom stereocenters. The fraction of sp³-hybridized carbons (Fsp3) is 0.333. The summed E-state index contributed by atoms with van der Waals surface area (Å²) < 4.78 is 0. The summed E-state index contributed by atoms with van der Waals surface area (Å²) in [6, 6.07) is 11.4. The largest absolute Gasteiger partial charge is 0.480 e. The van der Waals surface area contributed by atoms with Crippen LogP contribution in [0.4, 0.5) is 0 Å². The second-order valence-corrected chi connectivity index (χ2v) is 6.92. The molecule has 0 bridgehead atoms. The van der Waals surface area contributed by atoms with Crippen molar-refractivity contribution >= 4 is 17.8 Å². The van der Waals surface area contributed by atoms with E-state index in [9.17, 15) is 19.5 Å². The van der Waals surface area contributed by atoms with Crippen LogP contribution in [0, 0.1) is 5.92 Å². The lowest BCUT2D eigenvalue weighted by molar-refractivity contribution is -0.142. The molecule has 2 heterocycles. The van der Waals surface area contributed by atoms with Gasteiger partial charge in [-0.25, -0.2) is 4.79 Å². The number of pyridine rings is 1. The van der Waals surface area contributed by atoms with Gasteiger partial charge in [0.15, 0.2) is 0 Å². The number of hydrogen-bond donors (Lipinski definition) is 2. The van der Waals surface area contributed by atoms with Gasteiger partial charge in [-0.1, -0.05) is 18.2 Å². The fourth-order valence-corrected chi connectivity index (χ4v) is 3.38. The van der Waals surface area contributed by atoms with Crippen LogP contribution in [0.1, 0.15) is 28.8 Å². The molecule has 0 spiro atoms. The van der Waals surface area contributed by atoms with E-state index in [1.165, 1.54) is 0 Å². The van der Waals surface area contributed by atoms with Crippen molar-refractivity contribution in [2.24, 2.45) is 5.92 Å². The smallest absolute Gasteiger partial charge is 0.326 e. The molecule has 28 heavy (non-hydrogen) atoms. The lowest BCUT2D eigenvalue weighted by Crippen LogP contribution is -2.50. The average molecular weight is 381 g/mol. The minimum atomic E-state index is -1.09. The predicted molar refractivity (Wildman–Crippen MR) is 103 cm³/mol. The standard InChI is InChI=1S/C21H23N3O4/c25-19(23-18(21(27)28)13-15-8-10-22-11-9-15)17-7-4-12-24(14-17)20(26)16-5-2-1-3-6-16/h1-3,5-6,8-11,17-18H,4,7,12-14H2,(H,23,25)(H,27,28). The van der Waals surface area contributed by atoms with Crippen LogP contribution in [-0.4, -0.2) is 51.9 Å². The molecule has 0 saturated carbocycles. The lowest BCUT2D eigenvalue weighted by atomic mass is 9.95. The van der Waals surface area contributed by atoms with Crippen LogP contribution in [0.2, 0.25) is 0 Å². The Morgan fingerprint density at radius 1 is 1.14 bits per heavy atom. The highest BCUT2D eigenvalue weighted by molar-refractivity contribution is 5.94. The molecule has 2 N–H and O–H groups in total. The van der Waals surface area contributed by atoms with E-state index in [4.69, 9.17) is 0 Å². The van der Waals surface area contributed by atoms with Crippen LogP contribution in [0.15, 0.2) is 54.9 Å². The molecule has 146 valence electrons. The van der Waals surface area contributed by atoms with Gasteiger partial charge in [0, 0.05) is 37.5 Å². The normalized spacial score (nSPS) is 17.6. The first-order valence-corrected chi connectivity index (χ1v) is 9.31. The molecule has 1 aromatic heterocycles. The van der Waals surface area contributed by atoms with Crippen LogP contribution >= 0.6 is 0 Å². The maximum Gasteiger partial charge on any atom is 0.326 e. The van der Waals surface area contributed by atoms with Crippen LogP contribution in [-0.2, 0) is 16.0 Å². The highest BCUT2D eigenvalue weighted by Gasteiger charge is 2.31. The van der Waals surface area contributed by atoms with E-state index in [0.29, 0.717) is 31.5 Å². The number of nitrogens with zero attached hydrogens (tertiary/aromatic N) is 2. The summed E-state index contributed by atoms with van der Waals surface area (Å²) in [4.78, 5) is 42.5. The second kappa shape index (κ2) is 9.12. The van der Waals surface area contributed by atoms with Gasteiger partial charge >= 0.3 is 5.97 Å². The summed E-state index contributed by atoms with van der Waals surface area (Å²) in [5, 5.41) is 12.1. The van der Waals surface area contributed by atoms with Gasteiger partial charge in [0.05, 0.1) is 5.92 Å². The van der Waals surface area contributed by atoms with Crippen LogP contribution in [0.3, 0.4) is 0 Å². The van der Waals surface area contributed by atoms with E-state index in [2.05, 4.69) is 10.3 Å². The Labute approximate surface area is 163 Å². The summed E-state index contributed by atoms with van der Waals surface area (Å²) in [7, 11) is 0. The van der Waals surface area contributed by atoms with Crippen molar-refractivity contribution in [3.8, 4) is 0 Å². The molecule has 1 saturated heterocycles. The van der Waals surface area contributed by atoms with Gasteiger partial charge in [-0.3, -0.25) is 14.6 Å². The lowest BCUT2D eigenvalue weighted by Gasteiger charge is -2.32. The molecular weight excluding hydrogens is 358 g/mol. The number of aliphatic carboxylic acids is 1. The van der Waals surface area contributed by atoms with Crippen molar-refractivity contribution < 1.29 is 19.5 Å². The first-order valence-electron chi connectivity index (χ1n) is 9.31. The molecule has 2 aromatic rings. The molecule has 2 amide bonds. The van der Waals surface area contributed by atoms with Crippen molar-refractivity contribution in [3.63, 3.8) is 0 Å². The number of carboxylic acids is 1. The number of hydrogen-bond acceptors (Lipinski definition) is 4. The van der Waals surface area contributed by atoms with Gasteiger partial charge in [0.2, 0.25) is 5.91 Å². The molecular formula is C21H23N3O4. The average Bonchev–Trinajstić information content (AvgIpc) is 2.74. The Bertz CT molecular complexity index is 826. The summed E-state index contributed by atoms with van der Waals surface area (Å²) in [6.07, 6.45) is 4.70. The number of rotatable bonds is 6. The quantitative estimate of drug-likeness (QED) is 0.794. The van der Waals surface area contributed by atoms with Gasteiger partial charge < -0.3 is 15.3 Å².